The predicted molar refractivity (Wildman–Crippen MR) is 133 cm³/mol. The number of carbonyl (C=O) groups excluding carboxylic acids is 2. The van der Waals surface area contributed by atoms with Gasteiger partial charge in [-0.05, 0) is 64.2 Å². The quantitative estimate of drug-likeness (QED) is 0.398. The van der Waals surface area contributed by atoms with Gasteiger partial charge in [-0.25, -0.2) is 0 Å². The molecular formula is C29H44O9. The lowest BCUT2D eigenvalue weighted by atomic mass is 9.50. The number of aliphatic hydroxyl groups is 4. The lowest BCUT2D eigenvalue weighted by Gasteiger charge is -2.59. The van der Waals surface area contributed by atoms with E-state index in [4.69, 9.17) is 14.2 Å². The van der Waals surface area contributed by atoms with E-state index in [-0.39, 0.29) is 54.9 Å². The van der Waals surface area contributed by atoms with Crippen LogP contribution >= 0.6 is 0 Å². The summed E-state index contributed by atoms with van der Waals surface area (Å²) in [6.07, 6.45) is -0.0790. The molecule has 0 bridgehead atoms. The lowest BCUT2D eigenvalue weighted by molar-refractivity contribution is -0.254. The van der Waals surface area contributed by atoms with E-state index in [0.29, 0.717) is 32.1 Å². The monoisotopic (exact) mass is 536 g/mol. The van der Waals surface area contributed by atoms with Crippen LogP contribution in [0.5, 0.6) is 0 Å². The molecule has 13 atom stereocenters. The molecule has 3 aliphatic carbocycles. The third-order valence-corrected chi connectivity index (χ3v) is 12.2. The van der Waals surface area contributed by atoms with Crippen LogP contribution in [0.2, 0.25) is 0 Å². The predicted octanol–water partition coefficient (Wildman–Crippen LogP) is 1.86. The lowest BCUT2D eigenvalue weighted by Crippen LogP contribution is -2.67. The zero-order valence-corrected chi connectivity index (χ0v) is 23.2. The molecule has 13 unspecified atom stereocenters. The van der Waals surface area contributed by atoms with Gasteiger partial charge in [0.2, 0.25) is 0 Å². The molecule has 0 aromatic heterocycles. The molecule has 38 heavy (non-hydrogen) atoms. The molecule has 3 heterocycles. The first-order chi connectivity index (χ1) is 17.6. The molecule has 9 nitrogen and oxygen atoms in total. The molecule has 0 amide bonds. The van der Waals surface area contributed by atoms with Gasteiger partial charge in [0.15, 0.2) is 0 Å². The van der Waals surface area contributed by atoms with Gasteiger partial charge in [-0.15, -0.1) is 0 Å². The number of esters is 2. The maximum Gasteiger partial charge on any atom is 0.309 e. The van der Waals surface area contributed by atoms with Crippen LogP contribution < -0.4 is 0 Å². The van der Waals surface area contributed by atoms with Crippen molar-refractivity contribution in [3.63, 3.8) is 0 Å². The molecule has 6 aliphatic rings. The average molecular weight is 537 g/mol. The van der Waals surface area contributed by atoms with Crippen LogP contribution in [-0.4, -0.2) is 79.2 Å². The van der Waals surface area contributed by atoms with E-state index in [2.05, 4.69) is 0 Å². The van der Waals surface area contributed by atoms with E-state index >= 15 is 0 Å². The Bertz CT molecular complexity index is 1030. The second-order valence-electron chi connectivity index (χ2n) is 14.4. The van der Waals surface area contributed by atoms with Gasteiger partial charge in [0, 0.05) is 23.7 Å². The Hall–Kier alpha value is -1.26. The Morgan fingerprint density at radius 2 is 1.71 bits per heavy atom. The normalized spacial score (nSPS) is 54.7. The fraction of sp³-hybridized carbons (Fsp3) is 0.931. The molecule has 0 aromatic rings. The third-order valence-electron chi connectivity index (χ3n) is 12.2. The van der Waals surface area contributed by atoms with Crippen LogP contribution in [-0.2, 0) is 23.8 Å². The van der Waals surface area contributed by atoms with Crippen molar-refractivity contribution in [3.8, 4) is 0 Å². The summed E-state index contributed by atoms with van der Waals surface area (Å²) in [5.74, 6) is -2.23. The summed E-state index contributed by atoms with van der Waals surface area (Å²) >= 11 is 0. The zero-order chi connectivity index (χ0) is 27.6. The first-order valence-electron chi connectivity index (χ1n) is 14.5. The highest BCUT2D eigenvalue weighted by molar-refractivity contribution is 5.74. The Kier molecular flexibility index (Phi) is 5.78. The van der Waals surface area contributed by atoms with E-state index < -0.39 is 58.2 Å². The van der Waals surface area contributed by atoms with Gasteiger partial charge in [0.25, 0.3) is 0 Å². The minimum absolute atomic E-state index is 0.134. The van der Waals surface area contributed by atoms with Crippen molar-refractivity contribution in [3.05, 3.63) is 0 Å². The number of cyclic esters (lactones) is 1. The molecule has 3 saturated heterocycles. The Morgan fingerprint density at radius 1 is 1.03 bits per heavy atom. The maximum atomic E-state index is 12.5. The molecule has 9 heteroatoms. The first kappa shape index (κ1) is 26.9. The van der Waals surface area contributed by atoms with Crippen LogP contribution in [0, 0.1) is 35.0 Å². The molecule has 4 N–H and O–H groups in total. The number of carbonyl (C=O) groups is 2. The van der Waals surface area contributed by atoms with Crippen LogP contribution in [0.4, 0.5) is 0 Å². The third kappa shape index (κ3) is 3.28. The van der Waals surface area contributed by atoms with Gasteiger partial charge in [-0.2, -0.15) is 0 Å². The molecule has 1 spiro atoms. The molecule has 6 rings (SSSR count). The van der Waals surface area contributed by atoms with Crippen molar-refractivity contribution in [2.45, 2.75) is 133 Å². The van der Waals surface area contributed by atoms with Crippen molar-refractivity contribution in [1.82, 2.24) is 0 Å². The Morgan fingerprint density at radius 3 is 2.37 bits per heavy atom. The van der Waals surface area contributed by atoms with Crippen LogP contribution in [0.3, 0.4) is 0 Å². The van der Waals surface area contributed by atoms with Crippen molar-refractivity contribution >= 4 is 11.9 Å². The van der Waals surface area contributed by atoms with Crippen molar-refractivity contribution in [2.24, 2.45) is 35.0 Å². The summed E-state index contributed by atoms with van der Waals surface area (Å²) in [6.45, 7) is 9.69. The summed E-state index contributed by atoms with van der Waals surface area (Å²) in [5, 5.41) is 47.6. The van der Waals surface area contributed by atoms with E-state index in [1.165, 1.54) is 0 Å². The summed E-state index contributed by atoms with van der Waals surface area (Å²) in [7, 11) is 0. The van der Waals surface area contributed by atoms with E-state index in [0.717, 1.165) is 0 Å². The van der Waals surface area contributed by atoms with Gasteiger partial charge in [-0.3, -0.25) is 9.59 Å². The van der Waals surface area contributed by atoms with E-state index in [9.17, 15) is 30.0 Å². The zero-order valence-electron chi connectivity index (χ0n) is 23.2. The molecule has 3 saturated carbocycles. The highest BCUT2D eigenvalue weighted by Crippen LogP contribution is 2.69. The van der Waals surface area contributed by atoms with Crippen LogP contribution in [0.15, 0.2) is 0 Å². The maximum absolute atomic E-state index is 12.5. The van der Waals surface area contributed by atoms with E-state index in [1.54, 1.807) is 6.92 Å². The highest BCUT2D eigenvalue weighted by Gasteiger charge is 2.76. The van der Waals surface area contributed by atoms with Crippen molar-refractivity contribution in [1.29, 1.82) is 0 Å². The number of hydrogen-bond acceptors (Lipinski definition) is 9. The van der Waals surface area contributed by atoms with Gasteiger partial charge in [0.1, 0.15) is 23.4 Å². The number of fused-ring (bicyclic) bond motifs is 3. The average Bonchev–Trinajstić information content (AvgIpc) is 3.40. The first-order valence-corrected chi connectivity index (χ1v) is 14.5. The topological polar surface area (TPSA) is 143 Å². The summed E-state index contributed by atoms with van der Waals surface area (Å²) < 4.78 is 17.8. The van der Waals surface area contributed by atoms with Crippen LogP contribution in [0.1, 0.15) is 86.0 Å². The molecule has 0 aromatic carbocycles. The fourth-order valence-electron chi connectivity index (χ4n) is 10.3. The molecule has 214 valence electrons. The smallest absolute Gasteiger partial charge is 0.309 e. The Labute approximate surface area is 224 Å². The number of hydrogen-bond donors (Lipinski definition) is 4. The van der Waals surface area contributed by atoms with Gasteiger partial charge in [0.05, 0.1) is 35.7 Å². The van der Waals surface area contributed by atoms with Crippen LogP contribution in [0.25, 0.3) is 0 Å². The fourth-order valence-corrected chi connectivity index (χ4v) is 10.3. The summed E-state index contributed by atoms with van der Waals surface area (Å²) in [4.78, 5) is 24.4. The number of aliphatic hydroxyl groups excluding tert-OH is 2. The van der Waals surface area contributed by atoms with Gasteiger partial charge >= 0.3 is 11.9 Å². The molecule has 6 fully saturated rings. The number of ether oxygens (including phenoxy) is 3. The summed E-state index contributed by atoms with van der Waals surface area (Å²) in [6, 6.07) is 0. The van der Waals surface area contributed by atoms with Crippen molar-refractivity contribution < 1.29 is 44.2 Å². The summed E-state index contributed by atoms with van der Waals surface area (Å²) in [5.41, 5.74) is -5.19. The molecular weight excluding hydrogens is 492 g/mol. The molecule has 3 aliphatic heterocycles. The van der Waals surface area contributed by atoms with Crippen molar-refractivity contribution in [2.75, 3.05) is 0 Å². The SMILES string of the molecule is CC1CC(C(O)C(C)C2CC(O)C3(O)C4CCC5C(C)(C)OC6CC(=O)OC65CC4(O)CCC23C)OC1=O. The van der Waals surface area contributed by atoms with E-state index in [1.807, 2.05) is 27.7 Å². The second kappa shape index (κ2) is 8.15. The number of rotatable bonds is 3. The Balaban J connectivity index is 1.33. The molecule has 0 radical (unpaired) electrons. The second-order valence-corrected chi connectivity index (χ2v) is 14.4. The standard InChI is InChI=1S/C29H44O9/c1-14-10-17(36-24(14)33)23(32)15(2)16-11-20(30)29(35)19-7-6-18-25(3,4)37-21-12-22(31)38-28(18,21)13-27(19,34)9-8-26(16,29)5/h14-21,23,30,32,34-35H,6-13H2,1-5H3. The van der Waals surface area contributed by atoms with Gasteiger partial charge in [-0.1, -0.05) is 20.8 Å². The minimum Gasteiger partial charge on any atom is -0.459 e. The van der Waals surface area contributed by atoms with Gasteiger partial charge < -0.3 is 34.6 Å². The minimum atomic E-state index is -1.59. The largest absolute Gasteiger partial charge is 0.459 e. The highest BCUT2D eigenvalue weighted by atomic mass is 16.6.